The molecule has 0 aliphatic rings. The third-order valence-corrected chi connectivity index (χ3v) is 4.32. The van der Waals surface area contributed by atoms with Gasteiger partial charge in [0.15, 0.2) is 17.2 Å². The molecule has 3 aromatic rings. The molecule has 1 aromatic heterocycles. The van der Waals surface area contributed by atoms with Crippen molar-refractivity contribution in [2.45, 2.75) is 6.18 Å². The van der Waals surface area contributed by atoms with Gasteiger partial charge in [0.2, 0.25) is 5.69 Å². The van der Waals surface area contributed by atoms with E-state index in [-0.39, 0.29) is 34.2 Å². The van der Waals surface area contributed by atoms with Crippen molar-refractivity contribution in [1.29, 1.82) is 0 Å². The first-order valence-corrected chi connectivity index (χ1v) is 8.97. The number of alkyl halides is 3. The van der Waals surface area contributed by atoms with E-state index in [1.54, 1.807) is 0 Å². The molecule has 3 rings (SSSR count). The van der Waals surface area contributed by atoms with Gasteiger partial charge in [-0.25, -0.2) is 14.3 Å². The van der Waals surface area contributed by atoms with Crippen molar-refractivity contribution in [2.24, 2.45) is 0 Å². The molecule has 0 fully saturated rings. The average molecular weight is 450 g/mol. The molecule has 0 amide bonds. The maximum absolute atomic E-state index is 13.0. The molecule has 0 saturated carbocycles. The number of hydrogen-bond donors (Lipinski definition) is 0. The second kappa shape index (κ2) is 9.00. The van der Waals surface area contributed by atoms with Gasteiger partial charge in [0.25, 0.3) is 0 Å². The average Bonchev–Trinajstić information content (AvgIpc) is 3.23. The number of esters is 2. The van der Waals surface area contributed by atoms with Crippen molar-refractivity contribution in [3.05, 3.63) is 65.5 Å². The van der Waals surface area contributed by atoms with Gasteiger partial charge in [0.05, 0.1) is 44.3 Å². The van der Waals surface area contributed by atoms with Crippen LogP contribution in [0.15, 0.2) is 48.7 Å². The normalized spacial score (nSPS) is 11.1. The summed E-state index contributed by atoms with van der Waals surface area (Å²) in [5.74, 6) is -1.50. The first kappa shape index (κ1) is 22.7. The minimum absolute atomic E-state index is 0.0131. The van der Waals surface area contributed by atoms with Crippen LogP contribution in [0.3, 0.4) is 0 Å². The predicted octanol–water partition coefficient (Wildman–Crippen LogP) is 3.91. The summed E-state index contributed by atoms with van der Waals surface area (Å²) in [7, 11) is 3.81. The molecule has 0 radical (unpaired) electrons. The van der Waals surface area contributed by atoms with Crippen molar-refractivity contribution < 1.29 is 41.7 Å². The lowest BCUT2D eigenvalue weighted by Gasteiger charge is -2.10. The van der Waals surface area contributed by atoms with Gasteiger partial charge in [0, 0.05) is 0 Å². The Morgan fingerprint density at radius 2 is 1.62 bits per heavy atom. The summed E-state index contributed by atoms with van der Waals surface area (Å²) in [6, 6.07) is 8.45. The SMILES string of the molecule is COC(=O)c1ccc(OC(=O)c2nn(-c3cccc(C(F)(F)F)c3)cc2OC)c(OC)c1. The van der Waals surface area contributed by atoms with Crippen molar-refractivity contribution in [1.82, 2.24) is 9.78 Å². The highest BCUT2D eigenvalue weighted by Crippen LogP contribution is 2.32. The Kier molecular flexibility index (Phi) is 6.37. The van der Waals surface area contributed by atoms with Gasteiger partial charge < -0.3 is 18.9 Å². The lowest BCUT2D eigenvalue weighted by molar-refractivity contribution is -0.137. The summed E-state index contributed by atoms with van der Waals surface area (Å²) >= 11 is 0. The van der Waals surface area contributed by atoms with E-state index in [0.717, 1.165) is 16.8 Å². The molecule has 0 aliphatic carbocycles. The fourth-order valence-corrected chi connectivity index (χ4v) is 2.75. The van der Waals surface area contributed by atoms with Crippen molar-refractivity contribution in [2.75, 3.05) is 21.3 Å². The monoisotopic (exact) mass is 450 g/mol. The van der Waals surface area contributed by atoms with E-state index in [1.165, 1.54) is 57.9 Å². The smallest absolute Gasteiger partial charge is 0.416 e. The highest BCUT2D eigenvalue weighted by atomic mass is 19.4. The maximum Gasteiger partial charge on any atom is 0.416 e. The Hall–Kier alpha value is -4.02. The summed E-state index contributed by atoms with van der Waals surface area (Å²) in [5, 5.41) is 4.02. The van der Waals surface area contributed by atoms with Crippen LogP contribution in [0.2, 0.25) is 0 Å². The van der Waals surface area contributed by atoms with Gasteiger partial charge in [-0.15, -0.1) is 0 Å². The standard InChI is InChI=1S/C21H17F3N2O6/c1-29-16-9-12(19(27)31-3)7-8-15(16)32-20(28)18-17(30-2)11-26(25-18)14-6-4-5-13(10-14)21(22,23)24/h4-11H,1-3H3. The van der Waals surface area contributed by atoms with Crippen LogP contribution in [0, 0.1) is 0 Å². The molecular weight excluding hydrogens is 433 g/mol. The highest BCUT2D eigenvalue weighted by Gasteiger charge is 2.31. The van der Waals surface area contributed by atoms with E-state index >= 15 is 0 Å². The summed E-state index contributed by atoms with van der Waals surface area (Å²) in [4.78, 5) is 24.4. The third-order valence-electron chi connectivity index (χ3n) is 4.32. The molecule has 0 spiro atoms. The number of rotatable bonds is 6. The second-order valence-corrected chi connectivity index (χ2v) is 6.29. The number of halogens is 3. The molecule has 0 saturated heterocycles. The number of carbonyl (C=O) groups is 2. The number of nitrogens with zero attached hydrogens (tertiary/aromatic N) is 2. The number of methoxy groups -OCH3 is 3. The maximum atomic E-state index is 13.0. The van der Waals surface area contributed by atoms with Crippen LogP contribution in [0.5, 0.6) is 17.2 Å². The number of aromatic nitrogens is 2. The number of carbonyl (C=O) groups excluding carboxylic acids is 2. The Morgan fingerprint density at radius 1 is 0.906 bits per heavy atom. The zero-order valence-corrected chi connectivity index (χ0v) is 17.1. The lowest BCUT2D eigenvalue weighted by atomic mass is 10.2. The fourth-order valence-electron chi connectivity index (χ4n) is 2.75. The van der Waals surface area contributed by atoms with Crippen LogP contribution in [-0.2, 0) is 10.9 Å². The molecule has 0 aliphatic heterocycles. The minimum atomic E-state index is -4.54. The molecule has 0 atom stereocenters. The number of benzene rings is 2. The van der Waals surface area contributed by atoms with Crippen LogP contribution in [0.1, 0.15) is 26.4 Å². The van der Waals surface area contributed by atoms with E-state index in [9.17, 15) is 22.8 Å². The molecule has 1 heterocycles. The molecule has 0 unspecified atom stereocenters. The summed E-state index contributed by atoms with van der Waals surface area (Å²) in [6.45, 7) is 0. The van der Waals surface area contributed by atoms with Crippen molar-refractivity contribution in [3.63, 3.8) is 0 Å². The van der Waals surface area contributed by atoms with E-state index in [4.69, 9.17) is 14.2 Å². The van der Waals surface area contributed by atoms with Crippen LogP contribution < -0.4 is 14.2 Å². The summed E-state index contributed by atoms with van der Waals surface area (Å²) < 4.78 is 60.3. The zero-order valence-electron chi connectivity index (χ0n) is 17.1. The van der Waals surface area contributed by atoms with Crippen LogP contribution in [0.25, 0.3) is 5.69 Å². The van der Waals surface area contributed by atoms with E-state index in [1.807, 2.05) is 0 Å². The fraction of sp³-hybridized carbons (Fsp3) is 0.190. The molecule has 8 nitrogen and oxygen atoms in total. The first-order chi connectivity index (χ1) is 15.2. The summed E-state index contributed by atoms with van der Waals surface area (Å²) in [6.07, 6.45) is -3.29. The number of hydrogen-bond acceptors (Lipinski definition) is 7. The van der Waals surface area contributed by atoms with Crippen molar-refractivity contribution in [3.8, 4) is 22.9 Å². The van der Waals surface area contributed by atoms with E-state index in [2.05, 4.69) is 9.84 Å². The van der Waals surface area contributed by atoms with Gasteiger partial charge in [-0.05, 0) is 36.4 Å². The number of ether oxygens (including phenoxy) is 4. The predicted molar refractivity (Wildman–Crippen MR) is 104 cm³/mol. The van der Waals surface area contributed by atoms with Gasteiger partial charge in [-0.3, -0.25) is 0 Å². The van der Waals surface area contributed by atoms with E-state index < -0.39 is 23.7 Å². The third kappa shape index (κ3) is 4.66. The second-order valence-electron chi connectivity index (χ2n) is 6.29. The lowest BCUT2D eigenvalue weighted by Crippen LogP contribution is -2.12. The zero-order chi connectivity index (χ0) is 23.5. The molecule has 2 aromatic carbocycles. The Labute approximate surface area is 180 Å². The van der Waals surface area contributed by atoms with Gasteiger partial charge in [-0.1, -0.05) is 6.07 Å². The molecule has 0 N–H and O–H groups in total. The molecule has 32 heavy (non-hydrogen) atoms. The Morgan fingerprint density at radius 3 is 2.25 bits per heavy atom. The van der Waals surface area contributed by atoms with Gasteiger partial charge in [-0.2, -0.15) is 18.3 Å². The summed E-state index contributed by atoms with van der Waals surface area (Å²) in [5.41, 5.74) is -0.902. The van der Waals surface area contributed by atoms with Crippen molar-refractivity contribution >= 4 is 11.9 Å². The topological polar surface area (TPSA) is 88.9 Å². The van der Waals surface area contributed by atoms with Gasteiger partial charge in [0.1, 0.15) is 0 Å². The first-order valence-electron chi connectivity index (χ1n) is 8.97. The highest BCUT2D eigenvalue weighted by molar-refractivity contribution is 5.93. The molecule has 168 valence electrons. The Bertz CT molecular complexity index is 1160. The largest absolute Gasteiger partial charge is 0.493 e. The van der Waals surface area contributed by atoms with Crippen LogP contribution >= 0.6 is 0 Å². The molecular formula is C21H17F3N2O6. The van der Waals surface area contributed by atoms with Gasteiger partial charge >= 0.3 is 18.1 Å². The molecule has 11 heteroatoms. The Balaban J connectivity index is 1.92. The van der Waals surface area contributed by atoms with E-state index in [0.29, 0.717) is 0 Å². The van der Waals surface area contributed by atoms with Crippen LogP contribution in [0.4, 0.5) is 13.2 Å². The van der Waals surface area contributed by atoms with Crippen LogP contribution in [-0.4, -0.2) is 43.0 Å². The minimum Gasteiger partial charge on any atom is -0.493 e. The molecule has 0 bridgehead atoms. The quantitative estimate of drug-likeness (QED) is 0.416.